The van der Waals surface area contributed by atoms with Gasteiger partial charge in [0.25, 0.3) is 5.91 Å². The summed E-state index contributed by atoms with van der Waals surface area (Å²) in [5, 5.41) is 0. The number of amides is 1. The zero-order chi connectivity index (χ0) is 14.5. The third kappa shape index (κ3) is 2.78. The Bertz CT molecular complexity index is 383. The van der Waals surface area contributed by atoms with Crippen LogP contribution in [0.5, 0.6) is 0 Å². The summed E-state index contributed by atoms with van der Waals surface area (Å²) in [5.41, 5.74) is 2.18. The molecule has 1 amide bonds. The van der Waals surface area contributed by atoms with Crippen LogP contribution in [0.2, 0.25) is 0 Å². The molecule has 0 N–H and O–H groups in total. The second-order valence-electron chi connectivity index (χ2n) is 8.42. The topological polar surface area (TPSA) is 20.3 Å². The molecule has 104 valence electrons. The lowest BCUT2D eigenvalue weighted by atomic mass is 9.76. The van der Waals surface area contributed by atoms with Crippen molar-refractivity contribution in [2.45, 2.75) is 67.9 Å². The van der Waals surface area contributed by atoms with Crippen LogP contribution in [-0.2, 0) is 4.79 Å². The summed E-state index contributed by atoms with van der Waals surface area (Å²) < 4.78 is 0. The van der Waals surface area contributed by atoms with Gasteiger partial charge in [0.2, 0.25) is 0 Å². The summed E-state index contributed by atoms with van der Waals surface area (Å²) in [6.45, 7) is 20.1. The molecule has 1 rings (SSSR count). The van der Waals surface area contributed by atoms with E-state index in [9.17, 15) is 4.79 Å². The van der Waals surface area contributed by atoms with Gasteiger partial charge in [0.15, 0.2) is 0 Å². The molecule has 1 aliphatic rings. The van der Waals surface area contributed by atoms with E-state index in [1.165, 1.54) is 5.57 Å². The van der Waals surface area contributed by atoms with E-state index in [0.717, 1.165) is 12.1 Å². The van der Waals surface area contributed by atoms with E-state index in [1.54, 1.807) is 0 Å². The molecule has 2 nitrogen and oxygen atoms in total. The van der Waals surface area contributed by atoms with Crippen molar-refractivity contribution in [2.75, 3.05) is 6.54 Å². The molecule has 0 radical (unpaired) electrons. The minimum atomic E-state index is -0.111. The lowest BCUT2D eigenvalue weighted by molar-refractivity contribution is -0.130. The van der Waals surface area contributed by atoms with E-state index in [4.69, 9.17) is 0 Å². The Morgan fingerprint density at radius 2 is 1.28 bits per heavy atom. The summed E-state index contributed by atoms with van der Waals surface area (Å²) in [6, 6.07) is 0. The zero-order valence-electron chi connectivity index (χ0n) is 13.6. The molecular weight excluding hydrogens is 222 g/mol. The Balaban J connectivity index is 3.33. The number of nitrogens with zero attached hydrogens (tertiary/aromatic N) is 1. The van der Waals surface area contributed by atoms with Crippen molar-refractivity contribution < 1.29 is 4.79 Å². The van der Waals surface area contributed by atoms with Gasteiger partial charge in [-0.05, 0) is 37.2 Å². The van der Waals surface area contributed by atoms with Gasteiger partial charge in [0, 0.05) is 17.7 Å². The maximum atomic E-state index is 12.7. The first-order valence-electron chi connectivity index (χ1n) is 6.82. The minimum absolute atomic E-state index is 0.0538. The van der Waals surface area contributed by atoms with E-state index in [-0.39, 0.29) is 22.3 Å². The number of rotatable bonds is 0. The number of carbonyl (C=O) groups excluding carboxylic acids is 1. The number of hydrogen-bond acceptors (Lipinski definition) is 1. The van der Waals surface area contributed by atoms with E-state index in [0.29, 0.717) is 0 Å². The Morgan fingerprint density at radius 1 is 0.833 bits per heavy atom. The second-order valence-corrected chi connectivity index (χ2v) is 8.42. The van der Waals surface area contributed by atoms with Crippen LogP contribution in [0.1, 0.15) is 62.3 Å². The van der Waals surface area contributed by atoms with Gasteiger partial charge in [-0.1, -0.05) is 41.5 Å². The molecule has 18 heavy (non-hydrogen) atoms. The fraction of sp³-hybridized carbons (Fsp3) is 0.812. The number of carbonyl (C=O) groups is 1. The molecule has 0 aromatic rings. The summed E-state index contributed by atoms with van der Waals surface area (Å²) in [4.78, 5) is 14.7. The van der Waals surface area contributed by atoms with Crippen molar-refractivity contribution in [1.29, 1.82) is 0 Å². The van der Waals surface area contributed by atoms with Gasteiger partial charge in [-0.2, -0.15) is 0 Å². The fourth-order valence-corrected chi connectivity index (χ4v) is 2.50. The lowest BCUT2D eigenvalue weighted by Gasteiger charge is -2.34. The lowest BCUT2D eigenvalue weighted by Crippen LogP contribution is -2.44. The molecular formula is C16H29NO. The van der Waals surface area contributed by atoms with E-state index < -0.39 is 0 Å². The van der Waals surface area contributed by atoms with Gasteiger partial charge in [-0.15, -0.1) is 0 Å². The molecule has 0 aromatic heterocycles. The van der Waals surface area contributed by atoms with Gasteiger partial charge in [-0.3, -0.25) is 4.79 Å². The Hall–Kier alpha value is -0.790. The van der Waals surface area contributed by atoms with Crippen molar-refractivity contribution in [1.82, 2.24) is 4.90 Å². The fourth-order valence-electron chi connectivity index (χ4n) is 2.50. The Kier molecular flexibility index (Phi) is 3.49. The highest BCUT2D eigenvalue weighted by atomic mass is 16.2. The van der Waals surface area contributed by atoms with Gasteiger partial charge in [-0.25, -0.2) is 0 Å². The molecule has 0 unspecified atom stereocenters. The maximum Gasteiger partial charge on any atom is 0.251 e. The SMILES string of the molecule is CC(C)(C)C1=C(C(C)(C)C)C(=O)N(C(C)(C)C)C1. The van der Waals surface area contributed by atoms with Crippen LogP contribution < -0.4 is 0 Å². The van der Waals surface area contributed by atoms with Crippen molar-refractivity contribution in [3.63, 3.8) is 0 Å². The summed E-state index contributed by atoms with van der Waals surface area (Å²) in [5.74, 6) is 0.222. The highest BCUT2D eigenvalue weighted by Crippen LogP contribution is 2.43. The van der Waals surface area contributed by atoms with Crippen LogP contribution in [-0.4, -0.2) is 22.9 Å². The third-order valence-electron chi connectivity index (χ3n) is 3.54. The van der Waals surface area contributed by atoms with Crippen LogP contribution >= 0.6 is 0 Å². The first kappa shape index (κ1) is 15.3. The van der Waals surface area contributed by atoms with Gasteiger partial charge in [0.05, 0.1) is 0 Å². The maximum absolute atomic E-state index is 12.7. The van der Waals surface area contributed by atoms with Crippen molar-refractivity contribution in [3.8, 4) is 0 Å². The van der Waals surface area contributed by atoms with E-state index in [2.05, 4.69) is 62.3 Å². The summed E-state index contributed by atoms with van der Waals surface area (Å²) in [6.07, 6.45) is 0. The molecule has 0 aromatic carbocycles. The van der Waals surface area contributed by atoms with Crippen LogP contribution in [0.4, 0.5) is 0 Å². The molecule has 0 bridgehead atoms. The van der Waals surface area contributed by atoms with Crippen molar-refractivity contribution in [3.05, 3.63) is 11.1 Å². The molecule has 0 aliphatic carbocycles. The largest absolute Gasteiger partial charge is 0.330 e. The second kappa shape index (κ2) is 4.11. The normalized spacial score (nSPS) is 18.9. The number of hydrogen-bond donors (Lipinski definition) is 0. The zero-order valence-corrected chi connectivity index (χ0v) is 13.6. The monoisotopic (exact) mass is 251 g/mol. The van der Waals surface area contributed by atoms with Gasteiger partial charge >= 0.3 is 0 Å². The molecule has 0 fully saturated rings. The molecule has 0 spiro atoms. The molecule has 0 saturated heterocycles. The van der Waals surface area contributed by atoms with Gasteiger partial charge < -0.3 is 4.90 Å². The highest BCUT2D eigenvalue weighted by Gasteiger charge is 2.43. The van der Waals surface area contributed by atoms with E-state index in [1.807, 2.05) is 4.90 Å². The molecule has 1 aliphatic heterocycles. The summed E-state index contributed by atoms with van der Waals surface area (Å²) >= 11 is 0. The van der Waals surface area contributed by atoms with Crippen LogP contribution in [0.25, 0.3) is 0 Å². The van der Waals surface area contributed by atoms with Crippen LogP contribution in [0.15, 0.2) is 11.1 Å². The van der Waals surface area contributed by atoms with Gasteiger partial charge in [0.1, 0.15) is 0 Å². The first-order chi connectivity index (χ1) is 7.76. The predicted octanol–water partition coefficient (Wildman–Crippen LogP) is 4.02. The first-order valence-corrected chi connectivity index (χ1v) is 6.82. The quantitative estimate of drug-likeness (QED) is 0.637. The molecule has 2 heteroatoms. The molecule has 1 heterocycles. The predicted molar refractivity (Wildman–Crippen MR) is 77.4 cm³/mol. The average molecular weight is 251 g/mol. The minimum Gasteiger partial charge on any atom is -0.330 e. The third-order valence-corrected chi connectivity index (χ3v) is 3.54. The van der Waals surface area contributed by atoms with Crippen molar-refractivity contribution in [2.24, 2.45) is 10.8 Å². The molecule has 0 saturated carbocycles. The summed E-state index contributed by atoms with van der Waals surface area (Å²) in [7, 11) is 0. The van der Waals surface area contributed by atoms with E-state index >= 15 is 0 Å². The average Bonchev–Trinajstić information content (AvgIpc) is 2.39. The molecule has 0 atom stereocenters. The highest BCUT2D eigenvalue weighted by molar-refractivity contribution is 5.99. The smallest absolute Gasteiger partial charge is 0.251 e. The Morgan fingerprint density at radius 3 is 1.50 bits per heavy atom. The van der Waals surface area contributed by atoms with Crippen LogP contribution in [0.3, 0.4) is 0 Å². The van der Waals surface area contributed by atoms with Crippen LogP contribution in [0, 0.1) is 10.8 Å². The Labute approximate surface area is 112 Å². The van der Waals surface area contributed by atoms with Crippen molar-refractivity contribution >= 4 is 5.91 Å². The standard InChI is InChI=1S/C16H29NO/c1-14(2,3)11-10-17(16(7,8)9)13(18)12(11)15(4,5)6/h10H2,1-9H3.